The molecule has 0 aliphatic heterocycles. The lowest BCUT2D eigenvalue weighted by atomic mass is 11.2. The number of amides is 4. The molecule has 0 rings (SSSR count). The van der Waals surface area contributed by atoms with Gasteiger partial charge in [-0.15, -0.1) is 12.8 Å². The first kappa shape index (κ1) is 15.7. The van der Waals surface area contributed by atoms with Crippen LogP contribution in [0.25, 0.3) is 0 Å². The zero-order valence-electron chi connectivity index (χ0n) is 5.28. The number of hydrogen-bond donors (Lipinski definition) is 4. The van der Waals surface area contributed by atoms with E-state index in [1.807, 2.05) is 0 Å². The quantitative estimate of drug-likeness (QED) is 0.302. The second-order valence-corrected chi connectivity index (χ2v) is 0.805. The third-order valence-electron chi connectivity index (χ3n) is 0. The van der Waals surface area contributed by atoms with E-state index in [1.54, 1.807) is 0 Å². The Labute approximate surface area is 58.5 Å². The molecule has 0 aromatic heterocycles. The third-order valence-corrected chi connectivity index (χ3v) is 0. The van der Waals surface area contributed by atoms with Crippen molar-refractivity contribution in [3.8, 4) is 12.8 Å². The monoisotopic (exact) mass is 146 g/mol. The number of nitrogens with two attached hydrogens (primary N) is 4. The number of rotatable bonds is 0. The van der Waals surface area contributed by atoms with Gasteiger partial charge in [0.1, 0.15) is 0 Å². The predicted octanol–water partition coefficient (Wildman–Crippen LogP) is -1.70. The fourth-order valence-electron chi connectivity index (χ4n) is 0. The molecule has 0 aliphatic rings. The van der Waals surface area contributed by atoms with Crippen molar-refractivity contribution in [2.75, 3.05) is 0 Å². The summed E-state index contributed by atoms with van der Waals surface area (Å²) in [6, 6.07) is -1.67. The van der Waals surface area contributed by atoms with Gasteiger partial charge in [0.05, 0.1) is 0 Å². The summed E-state index contributed by atoms with van der Waals surface area (Å²) in [6.07, 6.45) is 8.00. The molecular weight excluding hydrogens is 136 g/mol. The first-order valence-corrected chi connectivity index (χ1v) is 1.90. The van der Waals surface area contributed by atoms with Gasteiger partial charge in [-0.2, -0.15) is 0 Å². The highest BCUT2D eigenvalue weighted by atomic mass is 16.2. The van der Waals surface area contributed by atoms with Crippen molar-refractivity contribution < 1.29 is 9.59 Å². The summed E-state index contributed by atoms with van der Waals surface area (Å²) in [7, 11) is 0. The Morgan fingerprint density at radius 1 is 0.800 bits per heavy atom. The first-order valence-electron chi connectivity index (χ1n) is 1.90. The largest absolute Gasteiger partial charge is 0.352 e. The molecule has 4 amide bonds. The van der Waals surface area contributed by atoms with Crippen LogP contribution in [-0.4, -0.2) is 12.1 Å². The summed E-state index contributed by atoms with van der Waals surface area (Å²) in [5, 5.41) is 0. The number of hydrogen-bond acceptors (Lipinski definition) is 2. The van der Waals surface area contributed by atoms with Crippen LogP contribution >= 0.6 is 0 Å². The molecule has 0 radical (unpaired) electrons. The van der Waals surface area contributed by atoms with Gasteiger partial charge in [-0.25, -0.2) is 9.59 Å². The summed E-state index contributed by atoms with van der Waals surface area (Å²) in [6.45, 7) is 0. The average Bonchev–Trinajstić information content (AvgIpc) is 1.66. The normalized spacial score (nSPS) is 5.00. The Balaban J connectivity index is -0.0000000787. The van der Waals surface area contributed by atoms with Crippen molar-refractivity contribution >= 4 is 12.1 Å². The van der Waals surface area contributed by atoms with E-state index in [2.05, 4.69) is 35.8 Å². The van der Waals surface area contributed by atoms with Gasteiger partial charge >= 0.3 is 12.1 Å². The van der Waals surface area contributed by atoms with Crippen LogP contribution in [0, 0.1) is 12.8 Å². The lowest BCUT2D eigenvalue weighted by Gasteiger charge is -1.62. The Hall–Kier alpha value is -1.90. The number of terminal acetylenes is 1. The van der Waals surface area contributed by atoms with E-state index in [0.29, 0.717) is 0 Å². The van der Waals surface area contributed by atoms with E-state index in [-0.39, 0.29) is 0 Å². The topological polar surface area (TPSA) is 138 Å². The molecule has 0 atom stereocenters. The smallest absolute Gasteiger partial charge is 0.309 e. The molecule has 0 bridgehead atoms. The van der Waals surface area contributed by atoms with Gasteiger partial charge in [-0.05, 0) is 0 Å². The van der Waals surface area contributed by atoms with Gasteiger partial charge in [0.25, 0.3) is 0 Å². The highest BCUT2D eigenvalue weighted by Gasteiger charge is 1.61. The minimum Gasteiger partial charge on any atom is -0.352 e. The van der Waals surface area contributed by atoms with E-state index in [0.717, 1.165) is 0 Å². The summed E-state index contributed by atoms with van der Waals surface area (Å²) in [5.41, 5.74) is 17.0. The van der Waals surface area contributed by atoms with E-state index < -0.39 is 12.1 Å². The third kappa shape index (κ3) is 44.0. The second kappa shape index (κ2) is 15.7. The molecule has 0 saturated heterocycles. The van der Waals surface area contributed by atoms with E-state index in [1.165, 1.54) is 0 Å². The maximum atomic E-state index is 9.00. The second-order valence-electron chi connectivity index (χ2n) is 0.805. The first-order chi connectivity index (χ1) is 4.46. The fourth-order valence-corrected chi connectivity index (χ4v) is 0. The lowest BCUT2D eigenvalue weighted by molar-refractivity contribution is 0.255. The highest BCUT2D eigenvalue weighted by molar-refractivity contribution is 5.69. The van der Waals surface area contributed by atoms with Crippen LogP contribution < -0.4 is 22.9 Å². The minimum atomic E-state index is -0.833. The van der Waals surface area contributed by atoms with Crippen molar-refractivity contribution in [2.45, 2.75) is 0 Å². The van der Waals surface area contributed by atoms with Crippen molar-refractivity contribution in [2.24, 2.45) is 22.9 Å². The van der Waals surface area contributed by atoms with Crippen LogP contribution in [-0.2, 0) is 0 Å². The fraction of sp³-hybridized carbons (Fsp3) is 0. The zero-order chi connectivity index (χ0) is 9.15. The van der Waals surface area contributed by atoms with Crippen LogP contribution in [0.1, 0.15) is 0 Å². The molecule has 0 unspecified atom stereocenters. The Bertz CT molecular complexity index is 99.7. The Morgan fingerprint density at radius 3 is 0.800 bits per heavy atom. The summed E-state index contributed by atoms with van der Waals surface area (Å²) < 4.78 is 0. The molecule has 0 saturated carbocycles. The molecule has 6 heteroatoms. The van der Waals surface area contributed by atoms with Crippen LogP contribution in [0.15, 0.2) is 0 Å². The number of carbonyl (C=O) groups excluding carboxylic acids is 2. The summed E-state index contributed by atoms with van der Waals surface area (Å²) in [4.78, 5) is 18.0. The Kier molecular flexibility index (Phi) is 24.7. The Morgan fingerprint density at radius 2 is 0.800 bits per heavy atom. The van der Waals surface area contributed by atoms with Gasteiger partial charge in [0, 0.05) is 0 Å². The van der Waals surface area contributed by atoms with Gasteiger partial charge in [-0.1, -0.05) is 0 Å². The number of urea groups is 2. The van der Waals surface area contributed by atoms with Crippen LogP contribution in [0.5, 0.6) is 0 Å². The van der Waals surface area contributed by atoms with Crippen molar-refractivity contribution in [3.05, 3.63) is 0 Å². The average molecular weight is 146 g/mol. The summed E-state index contributed by atoms with van der Waals surface area (Å²) >= 11 is 0. The molecule has 8 N–H and O–H groups in total. The van der Waals surface area contributed by atoms with Gasteiger partial charge < -0.3 is 22.9 Å². The molecule has 6 nitrogen and oxygen atoms in total. The van der Waals surface area contributed by atoms with Gasteiger partial charge in [0.15, 0.2) is 0 Å². The summed E-state index contributed by atoms with van der Waals surface area (Å²) in [5.74, 6) is 0. The SMILES string of the molecule is C#C.NC(N)=O.NC(N)=O. The van der Waals surface area contributed by atoms with Crippen molar-refractivity contribution in [3.63, 3.8) is 0 Å². The van der Waals surface area contributed by atoms with Crippen LogP contribution in [0.2, 0.25) is 0 Å². The molecule has 0 aromatic carbocycles. The molecular formula is C4H10N4O2. The van der Waals surface area contributed by atoms with Crippen molar-refractivity contribution in [1.29, 1.82) is 0 Å². The van der Waals surface area contributed by atoms with E-state index in [9.17, 15) is 0 Å². The minimum absolute atomic E-state index is 0.833. The molecule has 0 heterocycles. The standard InChI is InChI=1S/C2H2.2CH4N2O/c1-2;2*2-1(3)4/h1-2H;2*(H4,2,3,4). The molecule has 0 aliphatic carbocycles. The molecule has 0 aromatic rings. The maximum absolute atomic E-state index is 9.00. The van der Waals surface area contributed by atoms with E-state index in [4.69, 9.17) is 9.59 Å². The van der Waals surface area contributed by atoms with Crippen LogP contribution in [0.4, 0.5) is 9.59 Å². The number of carbonyl (C=O) groups is 2. The van der Waals surface area contributed by atoms with Crippen LogP contribution in [0.3, 0.4) is 0 Å². The van der Waals surface area contributed by atoms with E-state index >= 15 is 0 Å². The molecule has 0 spiro atoms. The molecule has 58 valence electrons. The zero-order valence-corrected chi connectivity index (χ0v) is 5.28. The van der Waals surface area contributed by atoms with Gasteiger partial charge in [0.2, 0.25) is 0 Å². The lowest BCUT2D eigenvalue weighted by Crippen LogP contribution is -2.18. The highest BCUT2D eigenvalue weighted by Crippen LogP contribution is 1.26. The molecule has 0 fully saturated rings. The van der Waals surface area contributed by atoms with Crippen molar-refractivity contribution in [1.82, 2.24) is 0 Å². The number of primary amides is 4. The predicted molar refractivity (Wildman–Crippen MR) is 37.4 cm³/mol. The van der Waals surface area contributed by atoms with Gasteiger partial charge in [-0.3, -0.25) is 0 Å². The maximum Gasteiger partial charge on any atom is 0.309 e. The molecule has 10 heavy (non-hydrogen) atoms.